The molecule has 0 aromatic heterocycles. The second kappa shape index (κ2) is 10.1. The molecule has 0 bridgehead atoms. The third-order valence-corrected chi connectivity index (χ3v) is 6.21. The molecule has 1 saturated heterocycles. The number of ether oxygens (including phenoxy) is 3. The first-order valence-corrected chi connectivity index (χ1v) is 11.3. The normalized spacial score (nSPS) is 19.8. The fraction of sp³-hybridized carbons (Fsp3) is 0.520. The maximum Gasteiger partial charge on any atom is 0.207 e. The van der Waals surface area contributed by atoms with Gasteiger partial charge in [-0.15, -0.1) is 0 Å². The molecule has 2 aliphatic rings. The molecule has 3 nitrogen and oxygen atoms in total. The molecule has 0 radical (unpaired) electrons. The van der Waals surface area contributed by atoms with E-state index in [4.69, 9.17) is 14.2 Å². The van der Waals surface area contributed by atoms with Gasteiger partial charge in [-0.2, -0.15) is 8.78 Å². The quantitative estimate of drug-likeness (QED) is 0.357. The summed E-state index contributed by atoms with van der Waals surface area (Å²) in [5, 5.41) is 0. The van der Waals surface area contributed by atoms with Crippen molar-refractivity contribution in [2.45, 2.75) is 58.0 Å². The molecule has 7 heteroatoms. The molecule has 0 amide bonds. The van der Waals surface area contributed by atoms with E-state index in [-0.39, 0.29) is 54.8 Å². The summed E-state index contributed by atoms with van der Waals surface area (Å²) in [6, 6.07) is 4.66. The zero-order chi connectivity index (χ0) is 22.7. The van der Waals surface area contributed by atoms with E-state index in [1.54, 1.807) is 6.07 Å². The van der Waals surface area contributed by atoms with Crippen molar-refractivity contribution in [3.8, 4) is 17.2 Å². The highest BCUT2D eigenvalue weighted by Gasteiger charge is 2.29. The summed E-state index contributed by atoms with van der Waals surface area (Å²) in [7, 11) is 0. The number of hydrogen-bond acceptors (Lipinski definition) is 3. The Labute approximate surface area is 185 Å². The molecule has 0 N–H and O–H groups in total. The van der Waals surface area contributed by atoms with Crippen LogP contribution in [0.25, 0.3) is 0 Å². The second-order valence-electron chi connectivity index (χ2n) is 8.59. The summed E-state index contributed by atoms with van der Waals surface area (Å²) < 4.78 is 73.5. The largest absolute Gasteiger partial charge is 0.488 e. The monoisotopic (exact) mass is 452 g/mol. The van der Waals surface area contributed by atoms with Crippen molar-refractivity contribution in [3.05, 3.63) is 52.3 Å². The van der Waals surface area contributed by atoms with Crippen molar-refractivity contribution in [3.63, 3.8) is 0 Å². The summed E-state index contributed by atoms with van der Waals surface area (Å²) in [6.07, 6.45) is 4.46. The zero-order valence-electron chi connectivity index (χ0n) is 18.2. The average molecular weight is 452 g/mol. The Morgan fingerprint density at radius 3 is 2.56 bits per heavy atom. The first-order valence-electron chi connectivity index (χ1n) is 11.3. The van der Waals surface area contributed by atoms with E-state index < -0.39 is 24.1 Å². The minimum absolute atomic E-state index is 0.00747. The fourth-order valence-electron chi connectivity index (χ4n) is 4.46. The van der Waals surface area contributed by atoms with Gasteiger partial charge in [-0.05, 0) is 55.7 Å². The number of aryl methyl sites for hydroxylation is 1. The van der Waals surface area contributed by atoms with Crippen LogP contribution in [0, 0.1) is 23.4 Å². The summed E-state index contributed by atoms with van der Waals surface area (Å²) in [5.74, 6) is -2.92. The number of fused-ring (bicyclic) bond motifs is 2. The van der Waals surface area contributed by atoms with Crippen molar-refractivity contribution in [1.82, 2.24) is 0 Å². The van der Waals surface area contributed by atoms with E-state index in [0.29, 0.717) is 23.7 Å². The topological polar surface area (TPSA) is 27.7 Å². The van der Waals surface area contributed by atoms with Crippen molar-refractivity contribution >= 4 is 0 Å². The van der Waals surface area contributed by atoms with E-state index in [1.807, 2.05) is 0 Å². The minimum Gasteiger partial charge on any atom is -0.488 e. The third-order valence-electron chi connectivity index (χ3n) is 6.21. The maximum absolute atomic E-state index is 15.1. The SMILES string of the molecule is CCCC1CCC(COc2ccc3c(c2F)Oc2c(cc(CCCF)c(F)c2F)C3)OC1. The Bertz CT molecular complexity index is 955. The molecule has 0 saturated carbocycles. The Hall–Kier alpha value is -2.28. The van der Waals surface area contributed by atoms with Crippen LogP contribution in [0.4, 0.5) is 17.6 Å². The summed E-state index contributed by atoms with van der Waals surface area (Å²) >= 11 is 0. The van der Waals surface area contributed by atoms with Gasteiger partial charge in [0.25, 0.3) is 0 Å². The van der Waals surface area contributed by atoms with E-state index in [2.05, 4.69) is 6.92 Å². The van der Waals surface area contributed by atoms with Gasteiger partial charge in [0.1, 0.15) is 6.61 Å². The smallest absolute Gasteiger partial charge is 0.207 e. The molecule has 2 aliphatic heterocycles. The predicted octanol–water partition coefficient (Wildman–Crippen LogP) is 6.68. The second-order valence-corrected chi connectivity index (χ2v) is 8.59. The van der Waals surface area contributed by atoms with E-state index >= 15 is 4.39 Å². The van der Waals surface area contributed by atoms with Crippen LogP contribution >= 0.6 is 0 Å². The molecule has 32 heavy (non-hydrogen) atoms. The highest BCUT2D eigenvalue weighted by molar-refractivity contribution is 5.54. The molecular formula is C25H28F4O3. The Kier molecular flexibility index (Phi) is 7.23. The standard InChI is InChI=1S/C25H28F4O3/c1-2-4-15-6-8-19(30-13-15)14-31-20-9-7-17-12-18-11-16(5-3-10-26)21(27)23(29)25(18)32-24(17)22(20)28/h7,9,11,15,19H,2-6,8,10,12-14H2,1H3. The lowest BCUT2D eigenvalue weighted by molar-refractivity contribution is -0.0396. The van der Waals surface area contributed by atoms with Gasteiger partial charge < -0.3 is 14.2 Å². The van der Waals surface area contributed by atoms with Gasteiger partial charge in [-0.3, -0.25) is 4.39 Å². The summed E-state index contributed by atoms with van der Waals surface area (Å²) in [4.78, 5) is 0. The maximum atomic E-state index is 15.1. The molecule has 2 unspecified atom stereocenters. The van der Waals surface area contributed by atoms with Crippen LogP contribution in [-0.2, 0) is 17.6 Å². The van der Waals surface area contributed by atoms with Crippen LogP contribution in [0.3, 0.4) is 0 Å². The first kappa shape index (κ1) is 22.9. The highest BCUT2D eigenvalue weighted by atomic mass is 19.2. The highest BCUT2D eigenvalue weighted by Crippen LogP contribution is 2.43. The molecule has 4 rings (SSSR count). The molecule has 2 heterocycles. The summed E-state index contributed by atoms with van der Waals surface area (Å²) in [6.45, 7) is 2.44. The number of alkyl halides is 1. The van der Waals surface area contributed by atoms with E-state index in [0.717, 1.165) is 25.7 Å². The van der Waals surface area contributed by atoms with Crippen LogP contribution in [0.5, 0.6) is 17.2 Å². The molecular weight excluding hydrogens is 424 g/mol. The average Bonchev–Trinajstić information content (AvgIpc) is 2.80. The van der Waals surface area contributed by atoms with E-state index in [1.165, 1.54) is 12.1 Å². The lowest BCUT2D eigenvalue weighted by Gasteiger charge is -2.29. The van der Waals surface area contributed by atoms with Crippen molar-refractivity contribution < 1.29 is 31.8 Å². The van der Waals surface area contributed by atoms with Crippen LogP contribution in [-0.4, -0.2) is 26.0 Å². The van der Waals surface area contributed by atoms with Crippen LogP contribution in [0.15, 0.2) is 18.2 Å². The van der Waals surface area contributed by atoms with Gasteiger partial charge in [0.15, 0.2) is 23.1 Å². The summed E-state index contributed by atoms with van der Waals surface area (Å²) in [5.41, 5.74) is 1.02. The molecule has 0 spiro atoms. The Morgan fingerprint density at radius 1 is 1.03 bits per heavy atom. The lowest BCUT2D eigenvalue weighted by Crippen LogP contribution is -2.30. The Balaban J connectivity index is 1.46. The molecule has 0 aliphatic carbocycles. The number of rotatable bonds is 8. The lowest BCUT2D eigenvalue weighted by atomic mass is 9.94. The third kappa shape index (κ3) is 4.72. The van der Waals surface area contributed by atoms with Crippen LogP contribution in [0.2, 0.25) is 0 Å². The number of halogens is 4. The van der Waals surface area contributed by atoms with Crippen LogP contribution in [0.1, 0.15) is 55.7 Å². The van der Waals surface area contributed by atoms with Crippen molar-refractivity contribution in [2.24, 2.45) is 5.92 Å². The van der Waals surface area contributed by atoms with Gasteiger partial charge in [-0.1, -0.05) is 19.4 Å². The number of benzene rings is 2. The van der Waals surface area contributed by atoms with Crippen molar-refractivity contribution in [1.29, 1.82) is 0 Å². The molecule has 2 aromatic carbocycles. The molecule has 2 atom stereocenters. The molecule has 2 aromatic rings. The molecule has 1 fully saturated rings. The van der Waals surface area contributed by atoms with Gasteiger partial charge in [0.2, 0.25) is 11.6 Å². The zero-order valence-corrected chi connectivity index (χ0v) is 18.2. The van der Waals surface area contributed by atoms with Crippen molar-refractivity contribution in [2.75, 3.05) is 19.9 Å². The van der Waals surface area contributed by atoms with Crippen LogP contribution < -0.4 is 9.47 Å². The fourth-order valence-corrected chi connectivity index (χ4v) is 4.46. The van der Waals surface area contributed by atoms with Gasteiger partial charge in [0, 0.05) is 24.2 Å². The minimum atomic E-state index is -1.18. The van der Waals surface area contributed by atoms with Gasteiger partial charge in [-0.25, -0.2) is 4.39 Å². The predicted molar refractivity (Wildman–Crippen MR) is 113 cm³/mol. The van der Waals surface area contributed by atoms with E-state index in [9.17, 15) is 13.2 Å². The first-order chi connectivity index (χ1) is 15.5. The Morgan fingerprint density at radius 2 is 1.84 bits per heavy atom. The van der Waals surface area contributed by atoms with Gasteiger partial charge >= 0.3 is 0 Å². The van der Waals surface area contributed by atoms with Gasteiger partial charge in [0.05, 0.1) is 12.8 Å². The number of hydrogen-bond donors (Lipinski definition) is 0. The molecule has 174 valence electrons.